The number of halogens is 1. The van der Waals surface area contributed by atoms with Crippen molar-refractivity contribution < 1.29 is 9.53 Å². The van der Waals surface area contributed by atoms with E-state index in [0.29, 0.717) is 10.8 Å². The van der Waals surface area contributed by atoms with Crippen LogP contribution in [0, 0.1) is 0 Å². The van der Waals surface area contributed by atoms with E-state index in [4.69, 9.17) is 16.3 Å². The van der Waals surface area contributed by atoms with Crippen LogP contribution in [0.1, 0.15) is 20.8 Å². The summed E-state index contributed by atoms with van der Waals surface area (Å²) in [5.41, 5.74) is 0.542. The lowest BCUT2D eigenvalue weighted by Crippen LogP contribution is -2.52. The van der Waals surface area contributed by atoms with E-state index in [1.165, 1.54) is 0 Å². The Hall–Kier alpha value is -1.17. The molecular weight excluding hydrogens is 278 g/mol. The van der Waals surface area contributed by atoms with Gasteiger partial charge in [0, 0.05) is 19.3 Å². The van der Waals surface area contributed by atoms with E-state index < -0.39 is 0 Å². The molecule has 1 aromatic rings. The molecule has 0 aliphatic carbocycles. The van der Waals surface area contributed by atoms with Gasteiger partial charge >= 0.3 is 0 Å². The molecule has 5 nitrogen and oxygen atoms in total. The number of pyridine rings is 1. The van der Waals surface area contributed by atoms with Gasteiger partial charge < -0.3 is 10.1 Å². The average Bonchev–Trinajstić information content (AvgIpc) is 2.39. The van der Waals surface area contributed by atoms with Gasteiger partial charge in [-0.25, -0.2) is 4.98 Å². The van der Waals surface area contributed by atoms with Crippen molar-refractivity contribution >= 4 is 23.2 Å². The van der Waals surface area contributed by atoms with Crippen LogP contribution in [-0.4, -0.2) is 47.1 Å². The maximum atomic E-state index is 12.3. The number of ether oxygens (including phenoxy) is 1. The van der Waals surface area contributed by atoms with E-state index in [0.717, 1.165) is 13.1 Å². The Labute approximate surface area is 124 Å². The molecule has 110 valence electrons. The van der Waals surface area contributed by atoms with Gasteiger partial charge in [-0.2, -0.15) is 0 Å². The summed E-state index contributed by atoms with van der Waals surface area (Å²) in [7, 11) is 0. The van der Waals surface area contributed by atoms with Crippen molar-refractivity contribution in [2.75, 3.05) is 18.4 Å². The first-order valence-corrected chi connectivity index (χ1v) is 7.16. The monoisotopic (exact) mass is 297 g/mol. The molecule has 2 rings (SSSR count). The third kappa shape index (κ3) is 3.69. The standard InChI is InChI=1S/C14H20ClN3O2/c1-9-7-18(8-10(2)20-9)11(3)14(19)17-12-5-4-6-16-13(12)15/h4-6,9-11H,7-8H2,1-3H3,(H,17,19)/t9-,10-,11-/m0/s1. The van der Waals surface area contributed by atoms with Crippen LogP contribution in [0.25, 0.3) is 0 Å². The molecule has 0 radical (unpaired) electrons. The number of carbonyl (C=O) groups is 1. The second-order valence-corrected chi connectivity index (χ2v) is 5.58. The van der Waals surface area contributed by atoms with Gasteiger partial charge in [-0.1, -0.05) is 11.6 Å². The van der Waals surface area contributed by atoms with Gasteiger partial charge in [0.15, 0.2) is 5.15 Å². The fourth-order valence-corrected chi connectivity index (χ4v) is 2.58. The number of rotatable bonds is 3. The Kier molecular flexibility index (Phi) is 4.96. The number of anilines is 1. The van der Waals surface area contributed by atoms with Gasteiger partial charge in [0.25, 0.3) is 0 Å². The number of amides is 1. The Morgan fingerprint density at radius 1 is 1.50 bits per heavy atom. The lowest BCUT2D eigenvalue weighted by molar-refractivity contribution is -0.126. The summed E-state index contributed by atoms with van der Waals surface area (Å²) in [5.74, 6) is -0.0822. The van der Waals surface area contributed by atoms with Gasteiger partial charge in [-0.15, -0.1) is 0 Å². The minimum Gasteiger partial charge on any atom is -0.373 e. The minimum absolute atomic E-state index is 0.0822. The molecule has 2 heterocycles. The first kappa shape index (κ1) is 15.2. The number of aromatic nitrogens is 1. The number of hydrogen-bond acceptors (Lipinski definition) is 4. The molecule has 6 heteroatoms. The Balaban J connectivity index is 2.00. The fourth-order valence-electron chi connectivity index (χ4n) is 2.42. The molecule has 1 saturated heterocycles. The summed E-state index contributed by atoms with van der Waals surface area (Å²) < 4.78 is 5.68. The van der Waals surface area contributed by atoms with Crippen molar-refractivity contribution in [3.8, 4) is 0 Å². The third-order valence-corrected chi connectivity index (χ3v) is 3.69. The minimum atomic E-state index is -0.236. The predicted molar refractivity (Wildman–Crippen MR) is 78.9 cm³/mol. The molecule has 1 fully saturated rings. The highest BCUT2D eigenvalue weighted by Gasteiger charge is 2.29. The highest BCUT2D eigenvalue weighted by molar-refractivity contribution is 6.32. The molecule has 1 aromatic heterocycles. The van der Waals surface area contributed by atoms with Crippen LogP contribution >= 0.6 is 11.6 Å². The molecule has 0 saturated carbocycles. The molecule has 0 bridgehead atoms. The van der Waals surface area contributed by atoms with Gasteiger partial charge in [0.2, 0.25) is 5.91 Å². The second-order valence-electron chi connectivity index (χ2n) is 5.22. The van der Waals surface area contributed by atoms with Crippen molar-refractivity contribution in [1.82, 2.24) is 9.88 Å². The van der Waals surface area contributed by atoms with Gasteiger partial charge in [-0.3, -0.25) is 9.69 Å². The molecule has 1 N–H and O–H groups in total. The molecular formula is C14H20ClN3O2. The van der Waals surface area contributed by atoms with Crippen LogP contribution in [0.4, 0.5) is 5.69 Å². The van der Waals surface area contributed by atoms with Gasteiger partial charge in [0.05, 0.1) is 23.9 Å². The van der Waals surface area contributed by atoms with Crippen molar-refractivity contribution in [1.29, 1.82) is 0 Å². The average molecular weight is 298 g/mol. The third-order valence-electron chi connectivity index (χ3n) is 3.39. The smallest absolute Gasteiger partial charge is 0.241 e. The van der Waals surface area contributed by atoms with E-state index in [9.17, 15) is 4.79 Å². The number of morpholine rings is 1. The zero-order valence-electron chi connectivity index (χ0n) is 12.0. The summed E-state index contributed by atoms with van der Waals surface area (Å²) in [4.78, 5) is 18.4. The molecule has 20 heavy (non-hydrogen) atoms. The predicted octanol–water partition coefficient (Wildman–Crippen LogP) is 2.17. The number of hydrogen-bond donors (Lipinski definition) is 1. The van der Waals surface area contributed by atoms with E-state index in [2.05, 4.69) is 15.2 Å². The van der Waals surface area contributed by atoms with Crippen molar-refractivity contribution in [2.45, 2.75) is 39.0 Å². The van der Waals surface area contributed by atoms with Crippen molar-refractivity contribution in [2.24, 2.45) is 0 Å². The number of carbonyl (C=O) groups excluding carboxylic acids is 1. The lowest BCUT2D eigenvalue weighted by atomic mass is 10.1. The summed E-state index contributed by atoms with van der Waals surface area (Å²) >= 11 is 5.95. The highest BCUT2D eigenvalue weighted by Crippen LogP contribution is 2.19. The molecule has 0 aromatic carbocycles. The first-order valence-electron chi connectivity index (χ1n) is 6.78. The van der Waals surface area contributed by atoms with Crippen LogP contribution in [-0.2, 0) is 9.53 Å². The zero-order valence-corrected chi connectivity index (χ0v) is 12.7. The van der Waals surface area contributed by atoms with Gasteiger partial charge in [0.1, 0.15) is 0 Å². The van der Waals surface area contributed by atoms with E-state index in [1.54, 1.807) is 18.3 Å². The molecule has 0 spiro atoms. The second kappa shape index (κ2) is 6.52. The SMILES string of the molecule is C[C@H]1CN([C@@H](C)C(=O)Nc2cccnc2Cl)C[C@H](C)O1. The molecule has 1 amide bonds. The van der Waals surface area contributed by atoms with Crippen LogP contribution in [0.15, 0.2) is 18.3 Å². The summed E-state index contributed by atoms with van der Waals surface area (Å²) in [6.07, 6.45) is 1.86. The molecule has 1 aliphatic rings. The number of nitrogens with zero attached hydrogens (tertiary/aromatic N) is 2. The summed E-state index contributed by atoms with van der Waals surface area (Å²) in [6, 6.07) is 3.25. The maximum absolute atomic E-state index is 12.3. The van der Waals surface area contributed by atoms with E-state index in [-0.39, 0.29) is 24.2 Å². The Morgan fingerprint density at radius 3 is 2.75 bits per heavy atom. The van der Waals surface area contributed by atoms with Crippen molar-refractivity contribution in [3.05, 3.63) is 23.5 Å². The van der Waals surface area contributed by atoms with Crippen molar-refractivity contribution in [3.63, 3.8) is 0 Å². The normalized spacial score (nSPS) is 25.2. The number of nitrogens with one attached hydrogen (secondary N) is 1. The van der Waals surface area contributed by atoms with Gasteiger partial charge in [-0.05, 0) is 32.9 Å². The van der Waals surface area contributed by atoms with E-state index in [1.807, 2.05) is 20.8 Å². The summed E-state index contributed by atoms with van der Waals surface area (Å²) in [5, 5.41) is 3.12. The summed E-state index contributed by atoms with van der Waals surface area (Å²) in [6.45, 7) is 7.43. The van der Waals surface area contributed by atoms with E-state index >= 15 is 0 Å². The Bertz CT molecular complexity index is 473. The molecule has 1 aliphatic heterocycles. The molecule has 0 unspecified atom stereocenters. The van der Waals surface area contributed by atoms with Crippen LogP contribution in [0.5, 0.6) is 0 Å². The fraction of sp³-hybridized carbons (Fsp3) is 0.571. The van der Waals surface area contributed by atoms with Crippen LogP contribution < -0.4 is 5.32 Å². The van der Waals surface area contributed by atoms with Crippen LogP contribution in [0.3, 0.4) is 0 Å². The largest absolute Gasteiger partial charge is 0.373 e. The zero-order chi connectivity index (χ0) is 14.7. The first-order chi connectivity index (χ1) is 9.47. The maximum Gasteiger partial charge on any atom is 0.241 e. The van der Waals surface area contributed by atoms with Crippen LogP contribution in [0.2, 0.25) is 5.15 Å². The Morgan fingerprint density at radius 2 is 2.15 bits per heavy atom. The highest BCUT2D eigenvalue weighted by atomic mass is 35.5. The topological polar surface area (TPSA) is 54.5 Å². The lowest BCUT2D eigenvalue weighted by Gasteiger charge is -2.38. The quantitative estimate of drug-likeness (QED) is 0.869. The molecule has 3 atom stereocenters.